The van der Waals surface area contributed by atoms with Gasteiger partial charge in [0.2, 0.25) is 5.91 Å². The molecular formula is C15H21FN2O2. The third-order valence-electron chi connectivity index (χ3n) is 3.55. The van der Waals surface area contributed by atoms with E-state index in [9.17, 15) is 9.18 Å². The van der Waals surface area contributed by atoms with Crippen LogP contribution in [0.1, 0.15) is 30.0 Å². The molecule has 2 N–H and O–H groups in total. The molecular weight excluding hydrogens is 259 g/mol. The number of aryl methyl sites for hydroxylation is 1. The molecule has 0 fully saturated rings. The minimum atomic E-state index is -0.179. The van der Waals surface area contributed by atoms with Gasteiger partial charge in [0.15, 0.2) is 0 Å². The highest BCUT2D eigenvalue weighted by atomic mass is 19.1. The fraction of sp³-hybridized carbons (Fsp3) is 0.533. The number of halogens is 1. The van der Waals surface area contributed by atoms with E-state index in [-0.39, 0.29) is 17.8 Å². The van der Waals surface area contributed by atoms with Crippen molar-refractivity contribution in [2.24, 2.45) is 0 Å². The van der Waals surface area contributed by atoms with Crippen LogP contribution in [0.25, 0.3) is 0 Å². The summed E-state index contributed by atoms with van der Waals surface area (Å²) in [5.74, 6) is -0.159. The monoisotopic (exact) mass is 280 g/mol. The zero-order valence-electron chi connectivity index (χ0n) is 11.7. The number of nitrogens with one attached hydrogen (secondary N) is 2. The predicted octanol–water partition coefficient (Wildman–Crippen LogP) is 1.56. The molecule has 0 spiro atoms. The van der Waals surface area contributed by atoms with Crippen molar-refractivity contribution in [3.63, 3.8) is 0 Å². The smallest absolute Gasteiger partial charge is 0.221 e. The lowest BCUT2D eigenvalue weighted by molar-refractivity contribution is -0.121. The van der Waals surface area contributed by atoms with Crippen molar-refractivity contribution >= 4 is 5.91 Å². The number of methoxy groups -OCH3 is 1. The van der Waals surface area contributed by atoms with E-state index in [0.717, 1.165) is 24.0 Å². The number of rotatable bonds is 7. The van der Waals surface area contributed by atoms with Crippen molar-refractivity contribution in [2.45, 2.75) is 25.3 Å². The normalized spacial score (nSPS) is 17.0. The number of hydrogen-bond acceptors (Lipinski definition) is 3. The van der Waals surface area contributed by atoms with Gasteiger partial charge in [-0.3, -0.25) is 4.79 Å². The summed E-state index contributed by atoms with van der Waals surface area (Å²) in [7, 11) is 1.61. The molecule has 110 valence electrons. The number of ether oxygens (including phenoxy) is 1. The molecule has 4 nitrogen and oxygen atoms in total. The van der Waals surface area contributed by atoms with Crippen molar-refractivity contribution < 1.29 is 13.9 Å². The van der Waals surface area contributed by atoms with Gasteiger partial charge in [0.05, 0.1) is 6.61 Å². The zero-order chi connectivity index (χ0) is 14.4. The molecule has 1 aliphatic rings. The molecule has 0 heterocycles. The molecule has 1 aromatic carbocycles. The van der Waals surface area contributed by atoms with Crippen LogP contribution in [-0.2, 0) is 16.0 Å². The van der Waals surface area contributed by atoms with E-state index in [1.54, 1.807) is 13.2 Å². The lowest BCUT2D eigenvalue weighted by Crippen LogP contribution is -2.31. The Bertz CT molecular complexity index is 465. The largest absolute Gasteiger partial charge is 0.383 e. The Kier molecular flexibility index (Phi) is 5.49. The van der Waals surface area contributed by atoms with E-state index in [4.69, 9.17) is 4.74 Å². The third-order valence-corrected chi connectivity index (χ3v) is 3.55. The highest BCUT2D eigenvalue weighted by Gasteiger charge is 2.22. The van der Waals surface area contributed by atoms with Crippen LogP contribution in [0.3, 0.4) is 0 Å². The fourth-order valence-electron chi connectivity index (χ4n) is 2.54. The topological polar surface area (TPSA) is 50.4 Å². The van der Waals surface area contributed by atoms with Gasteiger partial charge < -0.3 is 15.4 Å². The first kappa shape index (κ1) is 14.9. The number of amides is 1. The maximum Gasteiger partial charge on any atom is 0.221 e. The van der Waals surface area contributed by atoms with E-state index in [0.29, 0.717) is 26.1 Å². The van der Waals surface area contributed by atoms with Crippen molar-refractivity contribution in [1.82, 2.24) is 10.6 Å². The van der Waals surface area contributed by atoms with Crippen LogP contribution in [0.2, 0.25) is 0 Å². The SMILES string of the molecule is COCCNC(=O)CCNC1CCc2cc(F)ccc21. The number of fused-ring (bicyclic) bond motifs is 1. The molecule has 0 radical (unpaired) electrons. The van der Waals surface area contributed by atoms with Crippen LogP contribution in [-0.4, -0.2) is 32.7 Å². The zero-order valence-corrected chi connectivity index (χ0v) is 11.7. The minimum absolute atomic E-state index is 0.0203. The lowest BCUT2D eigenvalue weighted by atomic mass is 10.1. The van der Waals surface area contributed by atoms with Gasteiger partial charge in [-0.15, -0.1) is 0 Å². The Balaban J connectivity index is 1.73. The molecule has 0 aromatic heterocycles. The summed E-state index contributed by atoms with van der Waals surface area (Å²) in [6, 6.07) is 5.18. The Morgan fingerprint density at radius 1 is 1.45 bits per heavy atom. The second kappa shape index (κ2) is 7.36. The molecule has 1 amide bonds. The first-order chi connectivity index (χ1) is 9.70. The molecule has 0 saturated carbocycles. The van der Waals surface area contributed by atoms with Gasteiger partial charge in [-0.1, -0.05) is 6.07 Å². The third kappa shape index (κ3) is 4.02. The highest BCUT2D eigenvalue weighted by molar-refractivity contribution is 5.76. The Hall–Kier alpha value is -1.46. The van der Waals surface area contributed by atoms with Gasteiger partial charge in [0.25, 0.3) is 0 Å². The van der Waals surface area contributed by atoms with Gasteiger partial charge >= 0.3 is 0 Å². The molecule has 2 rings (SSSR count). The van der Waals surface area contributed by atoms with Gasteiger partial charge in [-0.25, -0.2) is 4.39 Å². The standard InChI is InChI=1S/C15H21FN2O2/c1-20-9-8-18-15(19)6-7-17-14-5-2-11-10-12(16)3-4-13(11)14/h3-4,10,14,17H,2,5-9H2,1H3,(H,18,19). The summed E-state index contributed by atoms with van der Waals surface area (Å²) in [4.78, 5) is 11.5. The summed E-state index contributed by atoms with van der Waals surface area (Å²) < 4.78 is 18.0. The van der Waals surface area contributed by atoms with Crippen molar-refractivity contribution in [3.8, 4) is 0 Å². The van der Waals surface area contributed by atoms with Crippen molar-refractivity contribution in [2.75, 3.05) is 26.8 Å². The van der Waals surface area contributed by atoms with Crippen molar-refractivity contribution in [3.05, 3.63) is 35.1 Å². The molecule has 20 heavy (non-hydrogen) atoms. The predicted molar refractivity (Wildman–Crippen MR) is 75.0 cm³/mol. The molecule has 1 unspecified atom stereocenters. The van der Waals surface area contributed by atoms with Crippen LogP contribution in [0.4, 0.5) is 4.39 Å². The highest BCUT2D eigenvalue weighted by Crippen LogP contribution is 2.31. The van der Waals surface area contributed by atoms with Crippen LogP contribution < -0.4 is 10.6 Å². The van der Waals surface area contributed by atoms with Gasteiger partial charge in [-0.05, 0) is 36.1 Å². The summed E-state index contributed by atoms with van der Waals surface area (Å²) in [5, 5.41) is 6.15. The summed E-state index contributed by atoms with van der Waals surface area (Å²) in [5.41, 5.74) is 2.23. The molecule has 1 aliphatic carbocycles. The maximum absolute atomic E-state index is 13.1. The second-order valence-corrected chi connectivity index (χ2v) is 4.98. The van der Waals surface area contributed by atoms with Crippen LogP contribution in [0.15, 0.2) is 18.2 Å². The second-order valence-electron chi connectivity index (χ2n) is 4.98. The van der Waals surface area contributed by atoms with E-state index in [1.165, 1.54) is 6.07 Å². The number of carbonyl (C=O) groups excluding carboxylic acids is 1. The molecule has 0 bridgehead atoms. The Morgan fingerprint density at radius 2 is 2.30 bits per heavy atom. The van der Waals surface area contributed by atoms with Crippen molar-refractivity contribution in [1.29, 1.82) is 0 Å². The van der Waals surface area contributed by atoms with Gasteiger partial charge in [0, 0.05) is 32.7 Å². The molecule has 0 saturated heterocycles. The molecule has 1 aromatic rings. The minimum Gasteiger partial charge on any atom is -0.383 e. The van der Waals surface area contributed by atoms with Crippen LogP contribution in [0, 0.1) is 5.82 Å². The summed E-state index contributed by atoms with van der Waals surface area (Å²) >= 11 is 0. The number of hydrogen-bond donors (Lipinski definition) is 2. The summed E-state index contributed by atoms with van der Waals surface area (Å²) in [6.07, 6.45) is 2.30. The number of carbonyl (C=O) groups is 1. The van der Waals surface area contributed by atoms with Gasteiger partial charge in [0.1, 0.15) is 5.82 Å². The molecule has 1 atom stereocenters. The molecule has 5 heteroatoms. The average Bonchev–Trinajstić information content (AvgIpc) is 2.81. The van der Waals surface area contributed by atoms with E-state index < -0.39 is 0 Å². The van der Waals surface area contributed by atoms with E-state index in [2.05, 4.69) is 10.6 Å². The van der Waals surface area contributed by atoms with Crippen LogP contribution in [0.5, 0.6) is 0 Å². The van der Waals surface area contributed by atoms with E-state index in [1.807, 2.05) is 6.07 Å². The van der Waals surface area contributed by atoms with Gasteiger partial charge in [-0.2, -0.15) is 0 Å². The quantitative estimate of drug-likeness (QED) is 0.745. The Labute approximate surface area is 118 Å². The van der Waals surface area contributed by atoms with Crippen LogP contribution >= 0.6 is 0 Å². The summed E-state index contributed by atoms with van der Waals surface area (Å²) in [6.45, 7) is 1.70. The Morgan fingerprint density at radius 3 is 3.10 bits per heavy atom. The molecule has 0 aliphatic heterocycles. The average molecular weight is 280 g/mol. The van der Waals surface area contributed by atoms with E-state index >= 15 is 0 Å². The fourth-order valence-corrected chi connectivity index (χ4v) is 2.54. The first-order valence-electron chi connectivity index (χ1n) is 6.98. The lowest BCUT2D eigenvalue weighted by Gasteiger charge is -2.14. The first-order valence-corrected chi connectivity index (χ1v) is 6.98. The number of benzene rings is 1. The maximum atomic E-state index is 13.1.